The number of hydrogen-bond acceptors (Lipinski definition) is 3. The second-order valence-corrected chi connectivity index (χ2v) is 8.20. The molecule has 2 heterocycles. The molecule has 1 saturated heterocycles. The van der Waals surface area contributed by atoms with Crippen molar-refractivity contribution >= 4 is 29.1 Å². The van der Waals surface area contributed by atoms with Crippen molar-refractivity contribution in [1.82, 2.24) is 4.90 Å². The number of aryl methyl sites for hydroxylation is 2. The number of rotatable bonds is 1. The Morgan fingerprint density at radius 1 is 1.14 bits per heavy atom. The van der Waals surface area contributed by atoms with Crippen LogP contribution in [0.4, 0.5) is 10.5 Å². The molecule has 5 nitrogen and oxygen atoms in total. The molecule has 0 radical (unpaired) electrons. The van der Waals surface area contributed by atoms with E-state index in [4.69, 9.17) is 16.3 Å². The third kappa shape index (κ3) is 3.59. The molecule has 0 saturated carbocycles. The minimum absolute atomic E-state index is 0.137. The molecule has 4 rings (SSSR count). The molecule has 2 aliphatic heterocycles. The summed E-state index contributed by atoms with van der Waals surface area (Å²) in [4.78, 5) is 27.1. The molecule has 1 spiro atoms. The van der Waals surface area contributed by atoms with Crippen LogP contribution in [0.5, 0.6) is 5.75 Å². The minimum Gasteiger partial charge on any atom is -0.486 e. The Bertz CT molecular complexity index is 932. The zero-order valence-electron chi connectivity index (χ0n) is 16.0. The lowest BCUT2D eigenvalue weighted by Crippen LogP contribution is -2.53. The third-order valence-electron chi connectivity index (χ3n) is 5.59. The van der Waals surface area contributed by atoms with E-state index < -0.39 is 5.60 Å². The zero-order valence-corrected chi connectivity index (χ0v) is 16.8. The number of urea groups is 1. The maximum Gasteiger partial charge on any atom is 0.321 e. The summed E-state index contributed by atoms with van der Waals surface area (Å²) in [6.07, 6.45) is 1.65. The van der Waals surface area contributed by atoms with Crippen LogP contribution in [0.2, 0.25) is 5.02 Å². The highest BCUT2D eigenvalue weighted by atomic mass is 35.5. The van der Waals surface area contributed by atoms with Crippen LogP contribution in [0.3, 0.4) is 0 Å². The first kappa shape index (κ1) is 18.8. The number of amides is 2. The zero-order chi connectivity index (χ0) is 19.9. The molecule has 146 valence electrons. The monoisotopic (exact) mass is 398 g/mol. The number of nitrogens with zero attached hydrogens (tertiary/aromatic N) is 1. The van der Waals surface area contributed by atoms with Crippen molar-refractivity contribution in [3.8, 4) is 5.75 Å². The van der Waals surface area contributed by atoms with Gasteiger partial charge in [-0.1, -0.05) is 17.7 Å². The summed E-state index contributed by atoms with van der Waals surface area (Å²) >= 11 is 5.88. The standard InChI is InChI=1S/C22H23ClN2O3/c1-14-11-15(2)20-18(26)13-22(28-19(20)12-14)7-9-25(10-8-22)21(27)24-17-5-3-16(23)4-6-17/h3-6,11-12H,7-10,13H2,1-2H3,(H,24,27). The van der Waals surface area contributed by atoms with E-state index in [2.05, 4.69) is 5.32 Å². The fraction of sp³-hybridized carbons (Fsp3) is 0.364. The second-order valence-electron chi connectivity index (χ2n) is 7.76. The number of benzene rings is 2. The average molecular weight is 399 g/mol. The predicted octanol–water partition coefficient (Wildman–Crippen LogP) is 4.99. The maximum atomic E-state index is 12.8. The van der Waals surface area contributed by atoms with E-state index in [0.717, 1.165) is 11.1 Å². The summed E-state index contributed by atoms with van der Waals surface area (Å²) in [5.41, 5.74) is 2.95. The van der Waals surface area contributed by atoms with E-state index in [0.29, 0.717) is 54.4 Å². The van der Waals surface area contributed by atoms with Gasteiger partial charge >= 0.3 is 6.03 Å². The number of likely N-dealkylation sites (tertiary alicyclic amines) is 1. The van der Waals surface area contributed by atoms with Gasteiger partial charge in [0.1, 0.15) is 11.4 Å². The molecule has 6 heteroatoms. The van der Waals surface area contributed by atoms with Gasteiger partial charge in [-0.15, -0.1) is 0 Å². The number of anilines is 1. The molecule has 2 aromatic rings. The van der Waals surface area contributed by atoms with Crippen molar-refractivity contribution in [2.75, 3.05) is 18.4 Å². The van der Waals surface area contributed by atoms with Gasteiger partial charge in [-0.05, 0) is 55.3 Å². The molecule has 0 aromatic heterocycles. The van der Waals surface area contributed by atoms with E-state index >= 15 is 0 Å². The van der Waals surface area contributed by atoms with E-state index in [-0.39, 0.29) is 11.8 Å². The number of nitrogens with one attached hydrogen (secondary N) is 1. The number of fused-ring (bicyclic) bond motifs is 1. The molecule has 1 fully saturated rings. The lowest BCUT2D eigenvalue weighted by molar-refractivity contribution is 0.000264. The Kier molecular flexibility index (Phi) is 4.79. The number of hydrogen-bond donors (Lipinski definition) is 1. The van der Waals surface area contributed by atoms with Gasteiger partial charge in [0.2, 0.25) is 0 Å². The van der Waals surface area contributed by atoms with Crippen LogP contribution in [-0.4, -0.2) is 35.4 Å². The largest absolute Gasteiger partial charge is 0.486 e. The Hall–Kier alpha value is -2.53. The van der Waals surface area contributed by atoms with Gasteiger partial charge in [0.05, 0.1) is 12.0 Å². The summed E-state index contributed by atoms with van der Waals surface area (Å²) in [6.45, 7) is 5.06. The third-order valence-corrected chi connectivity index (χ3v) is 5.84. The molecule has 28 heavy (non-hydrogen) atoms. The van der Waals surface area contributed by atoms with Crippen LogP contribution >= 0.6 is 11.6 Å². The Balaban J connectivity index is 1.44. The smallest absolute Gasteiger partial charge is 0.321 e. The van der Waals surface area contributed by atoms with Crippen LogP contribution in [0, 0.1) is 13.8 Å². The Morgan fingerprint density at radius 3 is 2.50 bits per heavy atom. The van der Waals surface area contributed by atoms with Crippen LogP contribution in [0.15, 0.2) is 36.4 Å². The van der Waals surface area contributed by atoms with Gasteiger partial charge in [-0.25, -0.2) is 4.79 Å². The van der Waals surface area contributed by atoms with Crippen molar-refractivity contribution < 1.29 is 14.3 Å². The molecular weight excluding hydrogens is 376 g/mol. The number of piperidine rings is 1. The summed E-state index contributed by atoms with van der Waals surface area (Å²) in [5, 5.41) is 3.52. The van der Waals surface area contributed by atoms with Gasteiger partial charge in [-0.3, -0.25) is 4.79 Å². The number of ether oxygens (including phenoxy) is 1. The summed E-state index contributed by atoms with van der Waals surface area (Å²) < 4.78 is 6.36. The summed E-state index contributed by atoms with van der Waals surface area (Å²) in [7, 11) is 0. The van der Waals surface area contributed by atoms with Crippen LogP contribution in [0.25, 0.3) is 0 Å². The lowest BCUT2D eigenvalue weighted by atomic mass is 9.81. The predicted molar refractivity (Wildman–Crippen MR) is 110 cm³/mol. The molecule has 0 aliphatic carbocycles. The van der Waals surface area contributed by atoms with E-state index in [1.807, 2.05) is 26.0 Å². The van der Waals surface area contributed by atoms with Crippen LogP contribution in [0.1, 0.15) is 40.7 Å². The molecular formula is C22H23ClN2O3. The normalized spacial score (nSPS) is 17.8. The van der Waals surface area contributed by atoms with Crippen molar-refractivity contribution in [2.24, 2.45) is 0 Å². The number of halogens is 1. The van der Waals surface area contributed by atoms with Gasteiger partial charge in [0.25, 0.3) is 0 Å². The van der Waals surface area contributed by atoms with Gasteiger partial charge in [0, 0.05) is 36.6 Å². The Morgan fingerprint density at radius 2 is 1.82 bits per heavy atom. The number of carbonyl (C=O) groups is 2. The number of carbonyl (C=O) groups excluding carboxylic acids is 2. The topological polar surface area (TPSA) is 58.6 Å². The maximum absolute atomic E-state index is 12.8. The molecule has 0 bridgehead atoms. The van der Waals surface area contributed by atoms with E-state index in [9.17, 15) is 9.59 Å². The van der Waals surface area contributed by atoms with Crippen LogP contribution < -0.4 is 10.1 Å². The van der Waals surface area contributed by atoms with Crippen molar-refractivity contribution in [1.29, 1.82) is 0 Å². The Labute approximate surface area is 169 Å². The second kappa shape index (κ2) is 7.13. The number of Topliss-reactive ketones (excluding diaryl/α,β-unsaturated/α-hetero) is 1. The molecule has 1 N–H and O–H groups in total. The number of ketones is 1. The van der Waals surface area contributed by atoms with E-state index in [1.54, 1.807) is 29.2 Å². The van der Waals surface area contributed by atoms with Crippen LogP contribution in [-0.2, 0) is 0 Å². The van der Waals surface area contributed by atoms with Gasteiger partial charge in [-0.2, -0.15) is 0 Å². The lowest BCUT2D eigenvalue weighted by Gasteiger charge is -2.44. The fourth-order valence-corrected chi connectivity index (χ4v) is 4.27. The fourth-order valence-electron chi connectivity index (χ4n) is 4.15. The minimum atomic E-state index is -0.513. The first-order valence-corrected chi connectivity index (χ1v) is 9.88. The summed E-state index contributed by atoms with van der Waals surface area (Å²) in [5.74, 6) is 0.825. The molecule has 0 unspecified atom stereocenters. The molecule has 0 atom stereocenters. The van der Waals surface area contributed by atoms with Crippen molar-refractivity contribution in [2.45, 2.75) is 38.7 Å². The quantitative estimate of drug-likeness (QED) is 0.736. The van der Waals surface area contributed by atoms with Crippen molar-refractivity contribution in [3.63, 3.8) is 0 Å². The van der Waals surface area contributed by atoms with Crippen molar-refractivity contribution in [3.05, 3.63) is 58.1 Å². The first-order chi connectivity index (χ1) is 13.3. The van der Waals surface area contributed by atoms with Gasteiger partial charge in [0.15, 0.2) is 5.78 Å². The SMILES string of the molecule is Cc1cc(C)c2c(c1)OC1(CCN(C(=O)Nc3ccc(Cl)cc3)CC1)CC2=O. The molecule has 2 amide bonds. The molecule has 2 aromatic carbocycles. The highest BCUT2D eigenvalue weighted by Crippen LogP contribution is 2.41. The average Bonchev–Trinajstić information content (AvgIpc) is 2.63. The summed E-state index contributed by atoms with van der Waals surface area (Å²) in [6, 6.07) is 10.8. The first-order valence-electron chi connectivity index (χ1n) is 9.50. The highest BCUT2D eigenvalue weighted by molar-refractivity contribution is 6.30. The molecule has 2 aliphatic rings. The van der Waals surface area contributed by atoms with Gasteiger partial charge < -0.3 is 15.0 Å². The van der Waals surface area contributed by atoms with E-state index in [1.165, 1.54) is 0 Å². The highest BCUT2D eigenvalue weighted by Gasteiger charge is 2.44.